The van der Waals surface area contributed by atoms with Crippen molar-refractivity contribution >= 4 is 27.5 Å². The lowest BCUT2D eigenvalue weighted by Crippen LogP contribution is -2.39. The predicted molar refractivity (Wildman–Crippen MR) is 83.4 cm³/mol. The van der Waals surface area contributed by atoms with E-state index in [2.05, 4.69) is 34.1 Å². The van der Waals surface area contributed by atoms with Crippen molar-refractivity contribution in [2.24, 2.45) is 0 Å². The largest absolute Gasteiger partial charge is 0.378 e. The third kappa shape index (κ3) is 2.29. The maximum absolute atomic E-state index is 11.7. The van der Waals surface area contributed by atoms with Crippen LogP contribution in [0.15, 0.2) is 18.2 Å². The molecule has 4 heteroatoms. The summed E-state index contributed by atoms with van der Waals surface area (Å²) in [5, 5.41) is 0. The van der Waals surface area contributed by atoms with Gasteiger partial charge in [0.05, 0.1) is 12.0 Å². The molecule has 108 valence electrons. The summed E-state index contributed by atoms with van der Waals surface area (Å²) in [6.45, 7) is 0. The second-order valence-corrected chi connectivity index (χ2v) is 7.04. The summed E-state index contributed by atoms with van der Waals surface area (Å²) in [4.78, 5) is 13.8. The molecule has 3 rings (SSSR count). The first-order valence-corrected chi connectivity index (χ1v) is 8.05. The molecule has 1 aliphatic carbocycles. The predicted octanol–water partition coefficient (Wildman–Crippen LogP) is 3.60. The molecule has 0 saturated heterocycles. The fourth-order valence-electron chi connectivity index (χ4n) is 3.19. The van der Waals surface area contributed by atoms with Crippen LogP contribution in [0.3, 0.4) is 0 Å². The highest BCUT2D eigenvalue weighted by molar-refractivity contribution is 9.09. The van der Waals surface area contributed by atoms with E-state index in [1.807, 2.05) is 14.2 Å². The van der Waals surface area contributed by atoms with Crippen LogP contribution in [0.25, 0.3) is 0 Å². The molecule has 0 spiro atoms. The van der Waals surface area contributed by atoms with E-state index in [0.717, 1.165) is 30.5 Å². The number of nitrogens with zero attached hydrogens (tertiary/aromatic N) is 1. The van der Waals surface area contributed by atoms with E-state index >= 15 is 0 Å². The lowest BCUT2D eigenvalue weighted by atomic mass is 9.76. The van der Waals surface area contributed by atoms with Crippen molar-refractivity contribution in [3.05, 3.63) is 29.3 Å². The van der Waals surface area contributed by atoms with Gasteiger partial charge in [0.15, 0.2) is 0 Å². The Labute approximate surface area is 128 Å². The van der Waals surface area contributed by atoms with Crippen molar-refractivity contribution in [3.63, 3.8) is 0 Å². The summed E-state index contributed by atoms with van der Waals surface area (Å²) in [7, 11) is 3.66. The Morgan fingerprint density at radius 1 is 1.45 bits per heavy atom. The molecular weight excluding hydrogens is 318 g/mol. The van der Waals surface area contributed by atoms with E-state index in [-0.39, 0.29) is 16.3 Å². The number of carbonyl (C=O) groups excluding carboxylic acids is 1. The fourth-order valence-corrected chi connectivity index (χ4v) is 4.07. The Balaban J connectivity index is 1.78. The van der Waals surface area contributed by atoms with Gasteiger partial charge >= 0.3 is 0 Å². The number of hydrogen-bond donors (Lipinski definition) is 0. The van der Waals surface area contributed by atoms with Gasteiger partial charge in [0.2, 0.25) is 5.91 Å². The van der Waals surface area contributed by atoms with Gasteiger partial charge in [-0.25, -0.2) is 0 Å². The number of carbonyl (C=O) groups is 1. The van der Waals surface area contributed by atoms with Crippen molar-refractivity contribution in [2.75, 3.05) is 19.1 Å². The van der Waals surface area contributed by atoms with Crippen LogP contribution in [-0.4, -0.2) is 25.7 Å². The first-order chi connectivity index (χ1) is 9.54. The Morgan fingerprint density at radius 2 is 2.20 bits per heavy atom. The average molecular weight is 338 g/mol. The molecule has 1 aromatic rings. The maximum atomic E-state index is 11.7. The van der Waals surface area contributed by atoms with E-state index < -0.39 is 0 Å². The number of alkyl halides is 1. The van der Waals surface area contributed by atoms with Gasteiger partial charge in [-0.2, -0.15) is 0 Å². The van der Waals surface area contributed by atoms with Gasteiger partial charge in [-0.1, -0.05) is 28.1 Å². The van der Waals surface area contributed by atoms with Crippen molar-refractivity contribution in [1.82, 2.24) is 0 Å². The quantitative estimate of drug-likeness (QED) is 0.785. The van der Waals surface area contributed by atoms with Crippen LogP contribution in [0.1, 0.15) is 41.6 Å². The van der Waals surface area contributed by atoms with Crippen LogP contribution in [-0.2, 0) is 16.0 Å². The fraction of sp³-hybridized carbons (Fsp3) is 0.562. The minimum atomic E-state index is 0.0553. The van der Waals surface area contributed by atoms with Crippen molar-refractivity contribution in [2.45, 2.75) is 42.5 Å². The Bertz CT molecular complexity index is 534. The summed E-state index contributed by atoms with van der Waals surface area (Å²) in [6.07, 6.45) is 5.08. The number of anilines is 1. The highest BCUT2D eigenvalue weighted by Gasteiger charge is 2.39. The smallest absolute Gasteiger partial charge is 0.231 e. The molecule has 1 unspecified atom stereocenters. The van der Waals surface area contributed by atoms with Crippen LogP contribution in [0.5, 0.6) is 0 Å². The zero-order chi connectivity index (χ0) is 14.3. The second kappa shape index (κ2) is 5.15. The van der Waals surface area contributed by atoms with E-state index in [9.17, 15) is 4.79 Å². The summed E-state index contributed by atoms with van der Waals surface area (Å²) in [5.74, 6) is 0.177. The molecular formula is C16H20BrNO2. The zero-order valence-corrected chi connectivity index (χ0v) is 13.6. The molecule has 1 aliphatic heterocycles. The Kier molecular flexibility index (Phi) is 3.63. The molecule has 1 atom stereocenters. The number of amides is 1. The molecule has 1 amide bonds. The van der Waals surface area contributed by atoms with Crippen LogP contribution in [0.4, 0.5) is 5.69 Å². The number of ether oxygens (including phenoxy) is 1. The highest BCUT2D eigenvalue weighted by Crippen LogP contribution is 2.45. The molecule has 1 saturated carbocycles. The number of methoxy groups -OCH3 is 1. The van der Waals surface area contributed by atoms with Gasteiger partial charge in [-0.15, -0.1) is 0 Å². The van der Waals surface area contributed by atoms with Gasteiger partial charge in [0.1, 0.15) is 0 Å². The van der Waals surface area contributed by atoms with Crippen molar-refractivity contribution in [1.29, 1.82) is 0 Å². The lowest BCUT2D eigenvalue weighted by molar-refractivity contribution is -0.117. The van der Waals surface area contributed by atoms with Crippen LogP contribution >= 0.6 is 15.9 Å². The molecule has 0 radical (unpaired) electrons. The molecule has 1 aromatic carbocycles. The standard InChI is InChI=1S/C16H20BrNO2/c1-18-14-5-4-11(8-12(14)9-15(18)19)13(17)10-16(20-2)6-3-7-16/h4-5,8,13H,3,6-7,9-10H2,1-2H3. The first-order valence-electron chi connectivity index (χ1n) is 7.13. The Morgan fingerprint density at radius 3 is 2.80 bits per heavy atom. The lowest BCUT2D eigenvalue weighted by Gasteiger charge is -2.42. The molecule has 0 aromatic heterocycles. The van der Waals surface area contributed by atoms with Crippen LogP contribution in [0, 0.1) is 0 Å². The number of benzene rings is 1. The minimum Gasteiger partial charge on any atom is -0.378 e. The summed E-state index contributed by atoms with van der Waals surface area (Å²) >= 11 is 3.80. The summed E-state index contributed by atoms with van der Waals surface area (Å²) < 4.78 is 5.70. The van der Waals surface area contributed by atoms with Gasteiger partial charge in [-0.05, 0) is 42.9 Å². The minimum absolute atomic E-state index is 0.0553. The van der Waals surface area contributed by atoms with E-state index in [0.29, 0.717) is 6.42 Å². The van der Waals surface area contributed by atoms with E-state index in [1.165, 1.54) is 12.0 Å². The normalized spacial score (nSPS) is 21.6. The van der Waals surface area contributed by atoms with E-state index in [4.69, 9.17) is 4.74 Å². The summed E-state index contributed by atoms with van der Waals surface area (Å²) in [5.41, 5.74) is 3.48. The molecule has 20 heavy (non-hydrogen) atoms. The molecule has 0 N–H and O–H groups in total. The van der Waals surface area contributed by atoms with Crippen molar-refractivity contribution < 1.29 is 9.53 Å². The number of rotatable bonds is 4. The summed E-state index contributed by atoms with van der Waals surface area (Å²) in [6, 6.07) is 6.34. The van der Waals surface area contributed by atoms with Gasteiger partial charge in [0.25, 0.3) is 0 Å². The number of fused-ring (bicyclic) bond motifs is 1. The van der Waals surface area contributed by atoms with Crippen molar-refractivity contribution in [3.8, 4) is 0 Å². The van der Waals surface area contributed by atoms with Gasteiger partial charge < -0.3 is 9.64 Å². The number of likely N-dealkylation sites (N-methyl/N-ethyl adjacent to an activating group) is 1. The number of halogens is 1. The molecule has 3 nitrogen and oxygen atoms in total. The third-order valence-electron chi connectivity index (χ3n) is 4.79. The topological polar surface area (TPSA) is 29.5 Å². The first kappa shape index (κ1) is 14.1. The third-order valence-corrected chi connectivity index (χ3v) is 5.64. The Hall–Kier alpha value is -0.870. The molecule has 1 heterocycles. The highest BCUT2D eigenvalue weighted by atomic mass is 79.9. The van der Waals surface area contributed by atoms with E-state index in [1.54, 1.807) is 4.90 Å². The average Bonchev–Trinajstić information content (AvgIpc) is 2.69. The SMILES string of the molecule is COC1(CC(Br)c2ccc3c(c2)CC(=O)N3C)CCC1. The molecule has 0 bridgehead atoms. The van der Waals surface area contributed by atoms with Crippen LogP contribution < -0.4 is 4.90 Å². The molecule has 1 fully saturated rings. The van der Waals surface area contributed by atoms with Gasteiger partial charge in [-0.3, -0.25) is 4.79 Å². The zero-order valence-electron chi connectivity index (χ0n) is 12.0. The maximum Gasteiger partial charge on any atom is 0.231 e. The number of hydrogen-bond acceptors (Lipinski definition) is 2. The second-order valence-electron chi connectivity index (χ2n) is 5.93. The molecule has 2 aliphatic rings. The van der Waals surface area contributed by atoms with Crippen LogP contribution in [0.2, 0.25) is 0 Å². The monoisotopic (exact) mass is 337 g/mol. The van der Waals surface area contributed by atoms with Gasteiger partial charge in [0, 0.05) is 24.7 Å².